The number of hydrogen-bond acceptors (Lipinski definition) is 6. The highest BCUT2D eigenvalue weighted by Gasteiger charge is 2.42. The summed E-state index contributed by atoms with van der Waals surface area (Å²) in [5.74, 6) is 0.626. The van der Waals surface area contributed by atoms with Crippen molar-refractivity contribution in [3.05, 3.63) is 90.0 Å². The van der Waals surface area contributed by atoms with Gasteiger partial charge in [0.05, 0.1) is 38.2 Å². The van der Waals surface area contributed by atoms with Crippen LogP contribution in [0.4, 0.5) is 37.7 Å². The summed E-state index contributed by atoms with van der Waals surface area (Å²) < 4.78 is 94.2. The van der Waals surface area contributed by atoms with Crippen LogP contribution in [0.3, 0.4) is 0 Å². The SMILES string of the molecule is COc1cc2ccc(C3CN(Cc4cccc(OC(F)(F)F)c4)c4ccccc4N3CC(O)C(F)(F)F)cc2cc1OC. The Morgan fingerprint density at radius 1 is 0.814 bits per heavy atom. The first kappa shape index (κ1) is 30.1. The third kappa shape index (κ3) is 6.69. The number of halogens is 6. The summed E-state index contributed by atoms with van der Waals surface area (Å²) in [5.41, 5.74) is 2.19. The molecule has 6 nitrogen and oxygen atoms in total. The van der Waals surface area contributed by atoms with Crippen molar-refractivity contribution < 1.29 is 45.7 Å². The van der Waals surface area contributed by atoms with Gasteiger partial charge in [-0.1, -0.05) is 36.4 Å². The molecule has 228 valence electrons. The minimum Gasteiger partial charge on any atom is -0.493 e. The first-order valence-corrected chi connectivity index (χ1v) is 13.2. The summed E-state index contributed by atoms with van der Waals surface area (Å²) in [5, 5.41) is 11.7. The van der Waals surface area contributed by atoms with Gasteiger partial charge in [0, 0.05) is 13.1 Å². The number of ether oxygens (including phenoxy) is 3. The van der Waals surface area contributed by atoms with Crippen molar-refractivity contribution in [1.82, 2.24) is 0 Å². The van der Waals surface area contributed by atoms with Gasteiger partial charge in [0.25, 0.3) is 0 Å². The lowest BCUT2D eigenvalue weighted by molar-refractivity contribution is -0.274. The molecule has 4 aromatic rings. The number of alkyl halides is 6. The van der Waals surface area contributed by atoms with Gasteiger partial charge in [-0.25, -0.2) is 0 Å². The van der Waals surface area contributed by atoms with Crippen molar-refractivity contribution in [3.8, 4) is 17.2 Å². The molecule has 1 N–H and O–H groups in total. The molecule has 0 aliphatic carbocycles. The fourth-order valence-corrected chi connectivity index (χ4v) is 5.36. The molecule has 0 aromatic heterocycles. The van der Waals surface area contributed by atoms with Gasteiger partial charge in [0.15, 0.2) is 17.6 Å². The van der Waals surface area contributed by atoms with E-state index in [-0.39, 0.29) is 18.8 Å². The first-order valence-electron chi connectivity index (χ1n) is 13.2. The van der Waals surface area contributed by atoms with Crippen LogP contribution in [0.5, 0.6) is 17.2 Å². The minimum atomic E-state index is -4.86. The zero-order valence-electron chi connectivity index (χ0n) is 23.1. The van der Waals surface area contributed by atoms with Crippen LogP contribution in [0.15, 0.2) is 78.9 Å². The molecular weight excluding hydrogens is 578 g/mol. The number of fused-ring (bicyclic) bond motifs is 2. The molecule has 0 bridgehead atoms. The number of benzene rings is 4. The van der Waals surface area contributed by atoms with E-state index in [4.69, 9.17) is 9.47 Å². The second kappa shape index (κ2) is 11.8. The molecule has 0 amide bonds. The molecule has 2 atom stereocenters. The van der Waals surface area contributed by atoms with Crippen molar-refractivity contribution in [2.75, 3.05) is 37.1 Å². The topological polar surface area (TPSA) is 54.4 Å². The maximum absolute atomic E-state index is 13.6. The number of anilines is 2. The van der Waals surface area contributed by atoms with Gasteiger partial charge in [0.2, 0.25) is 0 Å². The minimum absolute atomic E-state index is 0.150. The maximum atomic E-state index is 13.6. The Morgan fingerprint density at radius 2 is 1.49 bits per heavy atom. The molecule has 0 radical (unpaired) electrons. The van der Waals surface area contributed by atoms with Gasteiger partial charge in [-0.3, -0.25) is 0 Å². The average molecular weight is 607 g/mol. The van der Waals surface area contributed by atoms with E-state index < -0.39 is 31.2 Å². The van der Waals surface area contributed by atoms with Crippen molar-refractivity contribution in [1.29, 1.82) is 0 Å². The zero-order valence-corrected chi connectivity index (χ0v) is 23.1. The van der Waals surface area contributed by atoms with E-state index >= 15 is 0 Å². The van der Waals surface area contributed by atoms with Crippen LogP contribution in [0, 0.1) is 0 Å². The second-order valence-electron chi connectivity index (χ2n) is 10.1. The summed E-state index contributed by atoms with van der Waals surface area (Å²) in [7, 11) is 3.01. The summed E-state index contributed by atoms with van der Waals surface area (Å²) in [6.45, 7) is -0.403. The Morgan fingerprint density at radius 3 is 2.14 bits per heavy atom. The van der Waals surface area contributed by atoms with Crippen molar-refractivity contribution in [3.63, 3.8) is 0 Å². The van der Waals surface area contributed by atoms with Crippen molar-refractivity contribution in [2.24, 2.45) is 0 Å². The Bertz CT molecular complexity index is 1590. The highest BCUT2D eigenvalue weighted by Crippen LogP contribution is 2.43. The monoisotopic (exact) mass is 606 g/mol. The van der Waals surface area contributed by atoms with Gasteiger partial charge >= 0.3 is 12.5 Å². The maximum Gasteiger partial charge on any atom is 0.573 e. The molecule has 0 spiro atoms. The van der Waals surface area contributed by atoms with E-state index in [1.807, 2.05) is 17.0 Å². The molecule has 1 heterocycles. The number of aliphatic hydroxyl groups is 1. The predicted molar refractivity (Wildman–Crippen MR) is 150 cm³/mol. The summed E-state index contributed by atoms with van der Waals surface area (Å²) >= 11 is 0. The van der Waals surface area contributed by atoms with E-state index in [9.17, 15) is 31.4 Å². The molecule has 5 rings (SSSR count). The van der Waals surface area contributed by atoms with Gasteiger partial charge in [-0.05, 0) is 64.4 Å². The molecule has 4 aromatic carbocycles. The van der Waals surface area contributed by atoms with E-state index in [1.165, 1.54) is 37.3 Å². The van der Waals surface area contributed by atoms with Gasteiger partial charge in [-0.15, -0.1) is 13.2 Å². The van der Waals surface area contributed by atoms with E-state index in [0.29, 0.717) is 34.0 Å². The Kier molecular flexibility index (Phi) is 8.24. The number of aliphatic hydroxyl groups excluding tert-OH is 1. The molecule has 0 saturated carbocycles. The lowest BCUT2D eigenvalue weighted by atomic mass is 9.95. The Hall–Kier alpha value is -4.32. The van der Waals surface area contributed by atoms with Crippen LogP contribution in [0.2, 0.25) is 0 Å². The quantitative estimate of drug-likeness (QED) is 0.214. The summed E-state index contributed by atoms with van der Waals surface area (Å²) in [6.07, 6.45) is -12.3. The highest BCUT2D eigenvalue weighted by molar-refractivity contribution is 5.87. The van der Waals surface area contributed by atoms with Crippen LogP contribution in [-0.4, -0.2) is 51.1 Å². The number of para-hydroxylation sites is 2. The number of hydrogen-bond donors (Lipinski definition) is 1. The molecule has 12 heteroatoms. The number of rotatable bonds is 8. The van der Waals surface area contributed by atoms with Crippen molar-refractivity contribution in [2.45, 2.75) is 31.2 Å². The Labute approximate surface area is 243 Å². The lowest BCUT2D eigenvalue weighted by Gasteiger charge is -2.46. The summed E-state index contributed by atoms with van der Waals surface area (Å²) in [6, 6.07) is 20.7. The fraction of sp³-hybridized carbons (Fsp3) is 0.290. The normalized spacial score (nSPS) is 16.2. The summed E-state index contributed by atoms with van der Waals surface area (Å²) in [4.78, 5) is 3.41. The first-order chi connectivity index (χ1) is 20.4. The van der Waals surface area contributed by atoms with Gasteiger partial charge in [0.1, 0.15) is 5.75 Å². The van der Waals surface area contributed by atoms with Crippen molar-refractivity contribution >= 4 is 22.1 Å². The second-order valence-corrected chi connectivity index (χ2v) is 10.1. The molecule has 43 heavy (non-hydrogen) atoms. The van der Waals surface area contributed by atoms with E-state index in [1.54, 1.807) is 48.5 Å². The molecule has 1 aliphatic rings. The zero-order chi connectivity index (χ0) is 30.9. The van der Waals surface area contributed by atoms with Crippen LogP contribution in [0.1, 0.15) is 17.2 Å². The predicted octanol–water partition coefficient (Wildman–Crippen LogP) is 7.25. The molecule has 0 fully saturated rings. The van der Waals surface area contributed by atoms with Crippen LogP contribution in [0.25, 0.3) is 10.8 Å². The van der Waals surface area contributed by atoms with Crippen LogP contribution in [-0.2, 0) is 6.54 Å². The van der Waals surface area contributed by atoms with Gasteiger partial charge in [-0.2, -0.15) is 13.2 Å². The van der Waals surface area contributed by atoms with E-state index in [2.05, 4.69) is 4.74 Å². The smallest absolute Gasteiger partial charge is 0.493 e. The molecular formula is C31H28F6N2O4. The number of β-amino-alcohol motifs (C(OH)–C–C–N with tert-alkyl or cyclic N) is 1. The largest absolute Gasteiger partial charge is 0.573 e. The fourth-order valence-electron chi connectivity index (χ4n) is 5.36. The van der Waals surface area contributed by atoms with Gasteiger partial charge < -0.3 is 29.1 Å². The van der Waals surface area contributed by atoms with Crippen LogP contribution >= 0.6 is 0 Å². The number of methoxy groups -OCH3 is 2. The standard InChI is InChI=1S/C31H28F6N2O4/c1-41-27-14-20-10-11-21(13-22(20)15-28(27)42-2)26-17-38(16-19-6-5-7-23(12-19)43-31(35,36)37)24-8-3-4-9-25(24)39(26)18-29(40)30(32,33)34/h3-15,26,29,40H,16-18H2,1-2H3. The third-order valence-corrected chi connectivity index (χ3v) is 7.31. The molecule has 0 saturated heterocycles. The average Bonchev–Trinajstić information content (AvgIpc) is 2.96. The Balaban J connectivity index is 1.58. The van der Waals surface area contributed by atoms with Crippen LogP contribution < -0.4 is 24.0 Å². The van der Waals surface area contributed by atoms with E-state index in [0.717, 1.165) is 10.8 Å². The third-order valence-electron chi connectivity index (χ3n) is 7.31. The molecule has 1 aliphatic heterocycles. The lowest BCUT2D eigenvalue weighted by Crippen LogP contribution is -2.49. The molecule has 2 unspecified atom stereocenters. The highest BCUT2D eigenvalue weighted by atomic mass is 19.4. The number of nitrogens with zero attached hydrogens (tertiary/aromatic N) is 2.